The number of hydrogen-bond acceptors (Lipinski definition) is 4. The first-order chi connectivity index (χ1) is 13.5. The Morgan fingerprint density at radius 1 is 1.03 bits per heavy atom. The Morgan fingerprint density at radius 2 is 1.55 bits per heavy atom. The molecule has 9 heteroatoms. The molecule has 0 saturated heterocycles. The van der Waals surface area contributed by atoms with E-state index < -0.39 is 6.36 Å². The predicted octanol–water partition coefficient (Wildman–Crippen LogP) is 3.88. The molecule has 0 aliphatic heterocycles. The Kier molecular flexibility index (Phi) is 9.42. The highest BCUT2D eigenvalue weighted by Gasteiger charge is 2.31. The number of hydrogen-bond donors (Lipinski definition) is 1. The fraction of sp³-hybridized carbons (Fsp3) is 0.600. The van der Waals surface area contributed by atoms with Gasteiger partial charge in [0.25, 0.3) is 0 Å². The number of nitrogens with zero attached hydrogens (tertiary/aromatic N) is 2. The van der Waals surface area contributed by atoms with Gasteiger partial charge in [-0.15, -0.1) is 13.2 Å². The van der Waals surface area contributed by atoms with Crippen LogP contribution in [0.1, 0.15) is 40.5 Å². The zero-order valence-corrected chi connectivity index (χ0v) is 17.5. The molecule has 1 N–H and O–H groups in total. The fourth-order valence-electron chi connectivity index (χ4n) is 2.87. The van der Waals surface area contributed by atoms with Crippen molar-refractivity contribution in [3.05, 3.63) is 24.3 Å². The quantitative estimate of drug-likeness (QED) is 0.628. The molecule has 0 aromatic heterocycles. The summed E-state index contributed by atoms with van der Waals surface area (Å²) < 4.78 is 40.3. The third kappa shape index (κ3) is 8.72. The van der Waals surface area contributed by atoms with Crippen molar-refractivity contribution in [2.24, 2.45) is 0 Å². The Bertz CT molecular complexity index is 655. The lowest BCUT2D eigenvalue weighted by Crippen LogP contribution is -2.49. The molecule has 2 atom stereocenters. The first kappa shape index (κ1) is 24.7. The van der Waals surface area contributed by atoms with Gasteiger partial charge in [-0.3, -0.25) is 14.5 Å². The zero-order valence-electron chi connectivity index (χ0n) is 17.5. The molecule has 1 aromatic rings. The van der Waals surface area contributed by atoms with Crippen molar-refractivity contribution in [2.45, 2.75) is 59.0 Å². The first-order valence-electron chi connectivity index (χ1n) is 9.62. The normalized spacial score (nSPS) is 13.7. The highest BCUT2D eigenvalue weighted by Crippen LogP contribution is 2.23. The zero-order chi connectivity index (χ0) is 22.2. The van der Waals surface area contributed by atoms with Gasteiger partial charge in [-0.25, -0.2) is 0 Å². The SMILES string of the molecule is CC[C@@H](C)N(C(=O)CN(C)CC(=O)Nc1ccc(OC(F)(F)F)cc1)[C@@H](C)CC. The van der Waals surface area contributed by atoms with Crippen molar-refractivity contribution in [3.8, 4) is 5.75 Å². The van der Waals surface area contributed by atoms with Gasteiger partial charge in [-0.2, -0.15) is 0 Å². The van der Waals surface area contributed by atoms with Crippen molar-refractivity contribution in [1.29, 1.82) is 0 Å². The maximum atomic E-state index is 12.7. The molecule has 29 heavy (non-hydrogen) atoms. The molecule has 164 valence electrons. The van der Waals surface area contributed by atoms with Crippen molar-refractivity contribution in [3.63, 3.8) is 0 Å². The van der Waals surface area contributed by atoms with Crippen LogP contribution >= 0.6 is 0 Å². The van der Waals surface area contributed by atoms with Gasteiger partial charge in [0, 0.05) is 17.8 Å². The Morgan fingerprint density at radius 3 is 2.00 bits per heavy atom. The molecule has 0 fully saturated rings. The molecule has 0 saturated carbocycles. The van der Waals surface area contributed by atoms with Crippen LogP contribution < -0.4 is 10.1 Å². The molecular formula is C20H30F3N3O3. The number of halogens is 3. The minimum Gasteiger partial charge on any atom is -0.406 e. The van der Waals surface area contributed by atoms with E-state index in [0.717, 1.165) is 25.0 Å². The number of anilines is 1. The number of likely N-dealkylation sites (N-methyl/N-ethyl adjacent to an activating group) is 1. The van der Waals surface area contributed by atoms with Crippen LogP contribution in [-0.4, -0.2) is 60.2 Å². The molecular weight excluding hydrogens is 387 g/mol. The van der Waals surface area contributed by atoms with Gasteiger partial charge >= 0.3 is 6.36 Å². The van der Waals surface area contributed by atoms with E-state index in [2.05, 4.69) is 10.1 Å². The lowest BCUT2D eigenvalue weighted by molar-refractivity contribution is -0.274. The molecule has 1 aromatic carbocycles. The Balaban J connectivity index is 2.60. The van der Waals surface area contributed by atoms with Gasteiger partial charge in [-0.05, 0) is 58.0 Å². The van der Waals surface area contributed by atoms with Crippen LogP contribution in [0.3, 0.4) is 0 Å². The number of carbonyl (C=O) groups is 2. The molecule has 1 rings (SSSR count). The van der Waals surface area contributed by atoms with Crippen molar-refractivity contribution in [2.75, 3.05) is 25.5 Å². The molecule has 6 nitrogen and oxygen atoms in total. The largest absolute Gasteiger partial charge is 0.573 e. The topological polar surface area (TPSA) is 61.9 Å². The molecule has 0 unspecified atom stereocenters. The summed E-state index contributed by atoms with van der Waals surface area (Å²) in [6, 6.07) is 5.09. The lowest BCUT2D eigenvalue weighted by atomic mass is 10.1. The van der Waals surface area contributed by atoms with Crippen molar-refractivity contribution in [1.82, 2.24) is 9.80 Å². The van der Waals surface area contributed by atoms with Crippen molar-refractivity contribution >= 4 is 17.5 Å². The van der Waals surface area contributed by atoms with Crippen LogP contribution in [0.4, 0.5) is 18.9 Å². The summed E-state index contributed by atoms with van der Waals surface area (Å²) in [7, 11) is 1.67. The molecule has 2 amide bonds. The first-order valence-corrected chi connectivity index (χ1v) is 9.62. The summed E-state index contributed by atoms with van der Waals surface area (Å²) in [5.41, 5.74) is 0.338. The fourth-order valence-corrected chi connectivity index (χ4v) is 2.87. The average molecular weight is 417 g/mol. The second kappa shape index (κ2) is 11.0. The van der Waals surface area contributed by atoms with Gasteiger partial charge in [-0.1, -0.05) is 13.8 Å². The van der Waals surface area contributed by atoms with Gasteiger partial charge < -0.3 is 15.0 Å². The summed E-state index contributed by atoms with van der Waals surface area (Å²) in [5, 5.41) is 2.59. The standard InChI is InChI=1S/C20H30F3N3O3/c1-6-14(3)26(15(4)7-2)19(28)13-25(5)12-18(27)24-16-8-10-17(11-9-16)29-20(21,22)23/h8-11,14-15H,6-7,12-13H2,1-5H3,(H,24,27)/t14-,15+. The van der Waals surface area contributed by atoms with Gasteiger partial charge in [0.15, 0.2) is 0 Å². The second-order valence-electron chi connectivity index (χ2n) is 7.11. The summed E-state index contributed by atoms with van der Waals surface area (Å²) in [4.78, 5) is 28.3. The van der Waals surface area contributed by atoms with Crippen LogP contribution in [0.15, 0.2) is 24.3 Å². The van der Waals surface area contributed by atoms with E-state index in [0.29, 0.717) is 5.69 Å². The highest BCUT2D eigenvalue weighted by atomic mass is 19.4. The van der Waals surface area contributed by atoms with Crippen LogP contribution in [0, 0.1) is 0 Å². The number of amides is 2. The van der Waals surface area contributed by atoms with E-state index in [4.69, 9.17) is 0 Å². The van der Waals surface area contributed by atoms with E-state index >= 15 is 0 Å². The smallest absolute Gasteiger partial charge is 0.406 e. The molecule has 0 spiro atoms. The Labute approximate surface area is 170 Å². The number of ether oxygens (including phenoxy) is 1. The van der Waals surface area contributed by atoms with Crippen molar-refractivity contribution < 1.29 is 27.5 Å². The molecule has 0 bridgehead atoms. The van der Waals surface area contributed by atoms with Crippen LogP contribution in [0.25, 0.3) is 0 Å². The molecule has 0 aliphatic carbocycles. The summed E-state index contributed by atoms with van der Waals surface area (Å²) in [6.45, 7) is 8.12. The van der Waals surface area contributed by atoms with E-state index in [-0.39, 0.29) is 42.7 Å². The number of carbonyl (C=O) groups excluding carboxylic acids is 2. The predicted molar refractivity (Wildman–Crippen MR) is 106 cm³/mol. The maximum absolute atomic E-state index is 12.7. The number of rotatable bonds is 10. The Hall–Kier alpha value is -2.29. The lowest BCUT2D eigenvalue weighted by Gasteiger charge is -2.35. The number of nitrogens with one attached hydrogen (secondary N) is 1. The van der Waals surface area contributed by atoms with Gasteiger partial charge in [0.1, 0.15) is 5.75 Å². The van der Waals surface area contributed by atoms with Crippen LogP contribution in [-0.2, 0) is 9.59 Å². The van der Waals surface area contributed by atoms with E-state index in [1.165, 1.54) is 12.1 Å². The maximum Gasteiger partial charge on any atom is 0.573 e. The average Bonchev–Trinajstić information content (AvgIpc) is 2.61. The number of alkyl halides is 3. The molecule has 0 heterocycles. The summed E-state index contributed by atoms with van der Waals surface area (Å²) in [5.74, 6) is -0.783. The summed E-state index contributed by atoms with van der Waals surface area (Å²) >= 11 is 0. The van der Waals surface area contributed by atoms with E-state index in [1.54, 1.807) is 11.9 Å². The molecule has 0 radical (unpaired) electrons. The minimum atomic E-state index is -4.77. The monoisotopic (exact) mass is 417 g/mol. The third-order valence-electron chi connectivity index (χ3n) is 4.61. The van der Waals surface area contributed by atoms with Crippen LogP contribution in [0.5, 0.6) is 5.75 Å². The number of benzene rings is 1. The highest BCUT2D eigenvalue weighted by molar-refractivity contribution is 5.92. The summed E-state index contributed by atoms with van der Waals surface area (Å²) in [6.07, 6.45) is -3.08. The van der Waals surface area contributed by atoms with E-state index in [1.807, 2.05) is 32.6 Å². The van der Waals surface area contributed by atoms with E-state index in [9.17, 15) is 22.8 Å². The minimum absolute atomic E-state index is 0.0264. The van der Waals surface area contributed by atoms with Gasteiger partial charge in [0.2, 0.25) is 11.8 Å². The third-order valence-corrected chi connectivity index (χ3v) is 4.61. The van der Waals surface area contributed by atoms with Gasteiger partial charge in [0.05, 0.1) is 13.1 Å². The van der Waals surface area contributed by atoms with Crippen LogP contribution in [0.2, 0.25) is 0 Å². The second-order valence-corrected chi connectivity index (χ2v) is 7.11. The molecule has 0 aliphatic rings.